The molecule has 0 bridgehead atoms. The van der Waals surface area contributed by atoms with E-state index in [-0.39, 0.29) is 5.41 Å². The first-order chi connectivity index (χ1) is 6.37. The SMILES string of the molecule is C=CCN(CC=CC(C)(C)C)C(=O)O. The third-order valence-corrected chi connectivity index (χ3v) is 1.56. The predicted molar refractivity (Wildman–Crippen MR) is 58.4 cm³/mol. The summed E-state index contributed by atoms with van der Waals surface area (Å²) in [5.41, 5.74) is 0.0956. The second kappa shape index (κ2) is 5.47. The van der Waals surface area contributed by atoms with E-state index >= 15 is 0 Å². The lowest BCUT2D eigenvalue weighted by atomic mass is 9.96. The topological polar surface area (TPSA) is 40.5 Å². The summed E-state index contributed by atoms with van der Waals surface area (Å²) in [5.74, 6) is 0. The average Bonchev–Trinajstić information content (AvgIpc) is 2.00. The summed E-state index contributed by atoms with van der Waals surface area (Å²) in [6, 6.07) is 0. The van der Waals surface area contributed by atoms with E-state index in [0.717, 1.165) is 0 Å². The van der Waals surface area contributed by atoms with Gasteiger partial charge >= 0.3 is 6.09 Å². The van der Waals surface area contributed by atoms with Crippen LogP contribution in [0.4, 0.5) is 4.79 Å². The first kappa shape index (κ1) is 12.8. The van der Waals surface area contributed by atoms with Gasteiger partial charge in [-0.15, -0.1) is 6.58 Å². The molecule has 0 atom stereocenters. The summed E-state index contributed by atoms with van der Waals surface area (Å²) in [4.78, 5) is 12.0. The Hall–Kier alpha value is -1.25. The van der Waals surface area contributed by atoms with Gasteiger partial charge < -0.3 is 10.0 Å². The van der Waals surface area contributed by atoms with Crippen molar-refractivity contribution in [3.05, 3.63) is 24.8 Å². The summed E-state index contributed by atoms with van der Waals surface area (Å²) in [5, 5.41) is 8.78. The molecular weight excluding hydrogens is 178 g/mol. The molecule has 0 saturated heterocycles. The minimum absolute atomic E-state index is 0.0956. The monoisotopic (exact) mass is 197 g/mol. The van der Waals surface area contributed by atoms with Gasteiger partial charge in [0.15, 0.2) is 0 Å². The molecule has 0 aromatic carbocycles. The van der Waals surface area contributed by atoms with Crippen molar-refractivity contribution < 1.29 is 9.90 Å². The van der Waals surface area contributed by atoms with Crippen molar-refractivity contribution in [2.24, 2.45) is 5.41 Å². The Morgan fingerprint density at radius 2 is 2.00 bits per heavy atom. The largest absolute Gasteiger partial charge is 0.465 e. The Bertz CT molecular complexity index is 226. The van der Waals surface area contributed by atoms with Crippen molar-refractivity contribution in [3.63, 3.8) is 0 Å². The third kappa shape index (κ3) is 6.29. The molecule has 80 valence electrons. The molecule has 3 nitrogen and oxygen atoms in total. The molecular formula is C11H19NO2. The highest BCUT2D eigenvalue weighted by Gasteiger charge is 2.08. The smallest absolute Gasteiger partial charge is 0.407 e. The average molecular weight is 197 g/mol. The van der Waals surface area contributed by atoms with Crippen LogP contribution in [0.5, 0.6) is 0 Å². The lowest BCUT2D eigenvalue weighted by molar-refractivity contribution is 0.155. The van der Waals surface area contributed by atoms with E-state index in [1.807, 2.05) is 12.2 Å². The predicted octanol–water partition coefficient (Wildman–Crippen LogP) is 2.75. The Morgan fingerprint density at radius 1 is 1.43 bits per heavy atom. The standard InChI is InChI=1S/C11H19NO2/c1-5-8-12(10(13)14)9-6-7-11(2,3)4/h5-7H,1,8-9H2,2-4H3,(H,13,14). The van der Waals surface area contributed by atoms with Crippen LogP contribution in [-0.4, -0.2) is 29.2 Å². The van der Waals surface area contributed by atoms with Crippen molar-refractivity contribution in [3.8, 4) is 0 Å². The highest BCUT2D eigenvalue weighted by atomic mass is 16.4. The van der Waals surface area contributed by atoms with Crippen LogP contribution in [0.2, 0.25) is 0 Å². The van der Waals surface area contributed by atoms with E-state index in [2.05, 4.69) is 27.4 Å². The van der Waals surface area contributed by atoms with Gasteiger partial charge in [-0.1, -0.05) is 39.0 Å². The summed E-state index contributed by atoms with van der Waals surface area (Å²) in [6.45, 7) is 10.5. The third-order valence-electron chi connectivity index (χ3n) is 1.56. The van der Waals surface area contributed by atoms with E-state index < -0.39 is 6.09 Å². The Balaban J connectivity index is 4.12. The second-order valence-corrected chi connectivity index (χ2v) is 4.24. The van der Waals surface area contributed by atoms with Crippen LogP contribution < -0.4 is 0 Å². The molecule has 0 saturated carbocycles. The van der Waals surface area contributed by atoms with Crippen LogP contribution in [0, 0.1) is 5.41 Å². The molecule has 0 spiro atoms. The zero-order valence-electron chi connectivity index (χ0n) is 9.16. The minimum atomic E-state index is -0.913. The number of hydrogen-bond acceptors (Lipinski definition) is 1. The van der Waals surface area contributed by atoms with Gasteiger partial charge in [-0.3, -0.25) is 0 Å². The molecule has 0 aromatic heterocycles. The van der Waals surface area contributed by atoms with Crippen molar-refractivity contribution in [1.82, 2.24) is 4.90 Å². The van der Waals surface area contributed by atoms with Gasteiger partial charge in [-0.05, 0) is 5.41 Å². The molecule has 0 rings (SSSR count). The van der Waals surface area contributed by atoms with Crippen LogP contribution in [0.25, 0.3) is 0 Å². The molecule has 3 heteroatoms. The fourth-order valence-electron chi connectivity index (χ4n) is 0.920. The summed E-state index contributed by atoms with van der Waals surface area (Å²) in [6.07, 6.45) is 4.55. The van der Waals surface area contributed by atoms with Crippen LogP contribution >= 0.6 is 0 Å². The number of carboxylic acid groups (broad SMARTS) is 1. The number of rotatable bonds is 4. The molecule has 0 fully saturated rings. The zero-order valence-corrected chi connectivity index (χ0v) is 9.16. The van der Waals surface area contributed by atoms with E-state index in [1.54, 1.807) is 6.08 Å². The first-order valence-electron chi connectivity index (χ1n) is 4.63. The number of amides is 1. The summed E-state index contributed by atoms with van der Waals surface area (Å²) in [7, 11) is 0. The maximum Gasteiger partial charge on any atom is 0.407 e. The van der Waals surface area contributed by atoms with Crippen LogP contribution in [0.3, 0.4) is 0 Å². The minimum Gasteiger partial charge on any atom is -0.465 e. The fraction of sp³-hybridized carbons (Fsp3) is 0.545. The van der Waals surface area contributed by atoms with Gasteiger partial charge in [0, 0.05) is 13.1 Å². The highest BCUT2D eigenvalue weighted by Crippen LogP contribution is 2.14. The molecule has 0 radical (unpaired) electrons. The molecule has 0 heterocycles. The Labute approximate surface area is 85.7 Å². The first-order valence-corrected chi connectivity index (χ1v) is 4.63. The van der Waals surface area contributed by atoms with Gasteiger partial charge in [0.05, 0.1) is 0 Å². The Kier molecular flexibility index (Phi) is 4.99. The second-order valence-electron chi connectivity index (χ2n) is 4.24. The van der Waals surface area contributed by atoms with Crippen LogP contribution in [0.1, 0.15) is 20.8 Å². The van der Waals surface area contributed by atoms with Crippen molar-refractivity contribution >= 4 is 6.09 Å². The number of carbonyl (C=O) groups is 1. The molecule has 0 aliphatic heterocycles. The van der Waals surface area contributed by atoms with Crippen LogP contribution in [0.15, 0.2) is 24.8 Å². The van der Waals surface area contributed by atoms with Crippen molar-refractivity contribution in [2.75, 3.05) is 13.1 Å². The lowest BCUT2D eigenvalue weighted by Gasteiger charge is -2.16. The maximum atomic E-state index is 10.7. The molecule has 0 aromatic rings. The van der Waals surface area contributed by atoms with Gasteiger partial charge in [0.2, 0.25) is 0 Å². The van der Waals surface area contributed by atoms with E-state index in [9.17, 15) is 4.79 Å². The molecule has 0 aliphatic rings. The molecule has 0 unspecified atom stereocenters. The van der Waals surface area contributed by atoms with Crippen molar-refractivity contribution in [2.45, 2.75) is 20.8 Å². The van der Waals surface area contributed by atoms with Crippen LogP contribution in [-0.2, 0) is 0 Å². The van der Waals surface area contributed by atoms with E-state index in [1.165, 1.54) is 4.90 Å². The molecule has 0 aliphatic carbocycles. The van der Waals surface area contributed by atoms with Crippen molar-refractivity contribution in [1.29, 1.82) is 0 Å². The fourth-order valence-corrected chi connectivity index (χ4v) is 0.920. The van der Waals surface area contributed by atoms with E-state index in [4.69, 9.17) is 5.11 Å². The number of nitrogens with zero attached hydrogens (tertiary/aromatic N) is 1. The summed E-state index contributed by atoms with van der Waals surface area (Å²) < 4.78 is 0. The molecule has 14 heavy (non-hydrogen) atoms. The number of hydrogen-bond donors (Lipinski definition) is 1. The Morgan fingerprint density at radius 3 is 2.36 bits per heavy atom. The normalized spacial score (nSPS) is 11.6. The molecule has 1 N–H and O–H groups in total. The van der Waals surface area contributed by atoms with Gasteiger partial charge in [0.1, 0.15) is 0 Å². The molecule has 1 amide bonds. The van der Waals surface area contributed by atoms with E-state index in [0.29, 0.717) is 13.1 Å². The maximum absolute atomic E-state index is 10.7. The summed E-state index contributed by atoms with van der Waals surface area (Å²) >= 11 is 0. The zero-order chi connectivity index (χ0) is 11.2. The lowest BCUT2D eigenvalue weighted by Crippen LogP contribution is -2.29. The number of allylic oxidation sites excluding steroid dienone is 1. The van der Waals surface area contributed by atoms with Gasteiger partial charge in [-0.2, -0.15) is 0 Å². The quantitative estimate of drug-likeness (QED) is 0.704. The highest BCUT2D eigenvalue weighted by molar-refractivity contribution is 5.65. The van der Waals surface area contributed by atoms with Gasteiger partial charge in [-0.25, -0.2) is 4.79 Å². The van der Waals surface area contributed by atoms with Gasteiger partial charge in [0.25, 0.3) is 0 Å².